The molecule has 3 amide bonds. The Morgan fingerprint density at radius 1 is 1.21 bits per heavy atom. The predicted octanol–water partition coefficient (Wildman–Crippen LogP) is 2.16. The molecule has 0 spiro atoms. The van der Waals surface area contributed by atoms with E-state index >= 15 is 0 Å². The molecule has 1 aromatic heterocycles. The van der Waals surface area contributed by atoms with Gasteiger partial charge in [-0.25, -0.2) is 0 Å². The Kier molecular flexibility index (Phi) is 6.90. The second-order valence-corrected chi connectivity index (χ2v) is 9.25. The predicted molar refractivity (Wildman–Crippen MR) is 127 cm³/mol. The van der Waals surface area contributed by atoms with E-state index < -0.39 is 5.54 Å². The van der Waals surface area contributed by atoms with Gasteiger partial charge in [0.25, 0.3) is 11.8 Å². The van der Waals surface area contributed by atoms with Crippen LogP contribution in [0.25, 0.3) is 0 Å². The Hall–Kier alpha value is -3.36. The molecule has 1 aliphatic carbocycles. The Morgan fingerprint density at radius 3 is 2.59 bits per heavy atom. The van der Waals surface area contributed by atoms with Crippen LogP contribution in [0.5, 0.6) is 5.75 Å². The second-order valence-electron chi connectivity index (χ2n) is 9.25. The van der Waals surface area contributed by atoms with E-state index in [9.17, 15) is 14.4 Å². The molecule has 1 atom stereocenters. The van der Waals surface area contributed by atoms with Crippen molar-refractivity contribution < 1.29 is 19.1 Å². The summed E-state index contributed by atoms with van der Waals surface area (Å²) in [6.07, 6.45) is 4.81. The zero-order chi connectivity index (χ0) is 24.3. The lowest BCUT2D eigenvalue weighted by Gasteiger charge is -2.41. The second kappa shape index (κ2) is 9.87. The van der Waals surface area contributed by atoms with E-state index in [1.807, 2.05) is 31.2 Å². The Balaban J connectivity index is 1.39. The highest BCUT2D eigenvalue weighted by atomic mass is 16.5. The number of hydrogen-bond acceptors (Lipinski definition) is 5. The van der Waals surface area contributed by atoms with Gasteiger partial charge >= 0.3 is 0 Å². The van der Waals surface area contributed by atoms with E-state index in [1.54, 1.807) is 14.0 Å². The van der Waals surface area contributed by atoms with Gasteiger partial charge in [-0.2, -0.15) is 5.10 Å². The van der Waals surface area contributed by atoms with Gasteiger partial charge in [0.15, 0.2) is 5.69 Å². The van der Waals surface area contributed by atoms with E-state index in [0.717, 1.165) is 37.0 Å². The third-order valence-corrected chi connectivity index (χ3v) is 6.85. The minimum absolute atomic E-state index is 0.156. The van der Waals surface area contributed by atoms with Crippen LogP contribution in [0.15, 0.2) is 30.3 Å². The van der Waals surface area contributed by atoms with E-state index in [1.165, 1.54) is 15.6 Å². The van der Waals surface area contributed by atoms with Gasteiger partial charge in [-0.3, -0.25) is 19.1 Å². The summed E-state index contributed by atoms with van der Waals surface area (Å²) < 4.78 is 6.93. The van der Waals surface area contributed by atoms with Crippen LogP contribution in [0.3, 0.4) is 0 Å². The highest BCUT2D eigenvalue weighted by molar-refractivity contribution is 6.01. The largest absolute Gasteiger partial charge is 0.494 e. The van der Waals surface area contributed by atoms with Gasteiger partial charge in [-0.05, 0) is 50.8 Å². The van der Waals surface area contributed by atoms with Crippen molar-refractivity contribution >= 4 is 17.7 Å². The number of nitrogens with one attached hydrogen (secondary N) is 2. The molecule has 2 aliphatic rings. The van der Waals surface area contributed by atoms with Gasteiger partial charge in [0.1, 0.15) is 17.0 Å². The number of likely N-dealkylation sites (N-methyl/N-ethyl adjacent to an activating group) is 1. The minimum Gasteiger partial charge on any atom is -0.494 e. The number of hydrogen-bond donors (Lipinski definition) is 2. The van der Waals surface area contributed by atoms with E-state index in [2.05, 4.69) is 15.7 Å². The maximum atomic E-state index is 13.1. The highest BCUT2D eigenvalue weighted by Gasteiger charge is 2.46. The lowest BCUT2D eigenvalue weighted by molar-refractivity contribution is -0.133. The third-order valence-electron chi connectivity index (χ3n) is 6.85. The molecule has 1 fully saturated rings. The van der Waals surface area contributed by atoms with Gasteiger partial charge in [0.2, 0.25) is 5.91 Å². The molecular weight excluding hydrogens is 434 g/mol. The van der Waals surface area contributed by atoms with Crippen molar-refractivity contribution in [2.75, 3.05) is 20.2 Å². The molecule has 1 saturated carbocycles. The van der Waals surface area contributed by atoms with Crippen molar-refractivity contribution in [3.8, 4) is 5.75 Å². The fourth-order valence-electron chi connectivity index (χ4n) is 4.58. The fraction of sp³-hybridized carbons (Fsp3) is 0.520. The van der Waals surface area contributed by atoms with Crippen LogP contribution in [0, 0.1) is 0 Å². The molecule has 0 saturated heterocycles. The highest BCUT2D eigenvalue weighted by Crippen LogP contribution is 2.27. The Labute approximate surface area is 199 Å². The fourth-order valence-corrected chi connectivity index (χ4v) is 4.58. The molecule has 0 radical (unpaired) electrons. The van der Waals surface area contributed by atoms with Crippen LogP contribution in [-0.2, 0) is 17.8 Å². The number of fused-ring (bicyclic) bond motifs is 1. The molecule has 9 nitrogen and oxygen atoms in total. The zero-order valence-corrected chi connectivity index (χ0v) is 20.1. The molecule has 1 aliphatic heterocycles. The third kappa shape index (κ3) is 4.78. The molecule has 182 valence electrons. The Bertz CT molecular complexity index is 1060. The summed E-state index contributed by atoms with van der Waals surface area (Å²) in [5.41, 5.74) is 0.489. The lowest BCUT2D eigenvalue weighted by atomic mass is 9.95. The Morgan fingerprint density at radius 2 is 1.91 bits per heavy atom. The van der Waals surface area contributed by atoms with Crippen LogP contribution < -0.4 is 15.4 Å². The first-order valence-corrected chi connectivity index (χ1v) is 12.0. The number of carbonyl (C=O) groups excluding carboxylic acids is 3. The monoisotopic (exact) mass is 467 g/mol. The van der Waals surface area contributed by atoms with Gasteiger partial charge in [0.05, 0.1) is 13.2 Å². The summed E-state index contributed by atoms with van der Waals surface area (Å²) >= 11 is 0. The number of carbonyl (C=O) groups is 3. The smallest absolute Gasteiger partial charge is 0.272 e. The normalized spacial score (nSPS) is 20.2. The van der Waals surface area contributed by atoms with Crippen molar-refractivity contribution in [2.45, 2.75) is 64.1 Å². The van der Waals surface area contributed by atoms with Crippen molar-refractivity contribution in [1.29, 1.82) is 0 Å². The number of ether oxygens (including phenoxy) is 1. The number of amides is 3. The molecule has 0 unspecified atom stereocenters. The SMILES string of the molecule is CCOc1ccc(CCNC(=O)c2cc3n(n2)C[C@](C)(C(=O)NC2CCCC2)N(C)C3=O)cc1. The summed E-state index contributed by atoms with van der Waals surface area (Å²) in [6.45, 7) is 4.94. The van der Waals surface area contributed by atoms with Gasteiger partial charge in [0, 0.05) is 25.7 Å². The summed E-state index contributed by atoms with van der Waals surface area (Å²) in [4.78, 5) is 40.3. The molecule has 4 rings (SSSR count). The van der Waals surface area contributed by atoms with Crippen molar-refractivity contribution in [3.05, 3.63) is 47.3 Å². The molecular formula is C25H33N5O4. The van der Waals surface area contributed by atoms with E-state index in [-0.39, 0.29) is 36.0 Å². The molecule has 2 heterocycles. The summed E-state index contributed by atoms with van der Waals surface area (Å²) in [5.74, 6) is -0.0353. The number of rotatable bonds is 8. The number of nitrogens with zero attached hydrogens (tertiary/aromatic N) is 3. The maximum Gasteiger partial charge on any atom is 0.272 e. The van der Waals surface area contributed by atoms with Crippen LogP contribution in [0.4, 0.5) is 0 Å². The molecule has 34 heavy (non-hydrogen) atoms. The van der Waals surface area contributed by atoms with Crippen molar-refractivity contribution in [3.63, 3.8) is 0 Å². The summed E-state index contributed by atoms with van der Waals surface area (Å²) in [7, 11) is 1.63. The van der Waals surface area contributed by atoms with Crippen LogP contribution in [-0.4, -0.2) is 64.2 Å². The van der Waals surface area contributed by atoms with Gasteiger partial charge in [-0.15, -0.1) is 0 Å². The van der Waals surface area contributed by atoms with Gasteiger partial charge in [-0.1, -0.05) is 25.0 Å². The van der Waals surface area contributed by atoms with Crippen LogP contribution in [0.2, 0.25) is 0 Å². The lowest BCUT2D eigenvalue weighted by Crippen LogP contribution is -2.63. The minimum atomic E-state index is -1.07. The van der Waals surface area contributed by atoms with Crippen LogP contribution in [0.1, 0.15) is 66.1 Å². The molecule has 0 bridgehead atoms. The quantitative estimate of drug-likeness (QED) is 0.619. The standard InChI is InChI=1S/C25H33N5O4/c1-4-34-19-11-9-17(10-12-19)13-14-26-22(31)20-15-21-23(32)29(3)25(2,16-30(21)28-20)24(33)27-18-7-5-6-8-18/h9-12,15,18H,4-8,13-14,16H2,1-3H3,(H,26,31)(H,27,33)/t25-/m1/s1. The van der Waals surface area contributed by atoms with Gasteiger partial charge < -0.3 is 20.3 Å². The number of aromatic nitrogens is 2. The summed E-state index contributed by atoms with van der Waals surface area (Å²) in [6, 6.07) is 9.41. The zero-order valence-electron chi connectivity index (χ0n) is 20.1. The number of benzene rings is 1. The first-order valence-electron chi connectivity index (χ1n) is 12.0. The van der Waals surface area contributed by atoms with Crippen LogP contribution >= 0.6 is 0 Å². The maximum absolute atomic E-state index is 13.1. The molecule has 2 aromatic rings. The molecule has 9 heteroatoms. The topological polar surface area (TPSA) is 106 Å². The average molecular weight is 468 g/mol. The first-order chi connectivity index (χ1) is 16.3. The first kappa shape index (κ1) is 23.8. The average Bonchev–Trinajstić information content (AvgIpc) is 3.49. The molecule has 1 aromatic carbocycles. The van der Waals surface area contributed by atoms with Crippen molar-refractivity contribution in [1.82, 2.24) is 25.3 Å². The van der Waals surface area contributed by atoms with E-state index in [4.69, 9.17) is 4.74 Å². The summed E-state index contributed by atoms with van der Waals surface area (Å²) in [5, 5.41) is 10.3. The molecule has 2 N–H and O–H groups in total. The van der Waals surface area contributed by atoms with Crippen molar-refractivity contribution in [2.24, 2.45) is 0 Å². The van der Waals surface area contributed by atoms with E-state index in [0.29, 0.717) is 25.3 Å².